The van der Waals surface area contributed by atoms with E-state index in [-0.39, 0.29) is 6.04 Å². The molecule has 2 nitrogen and oxygen atoms in total. The second kappa shape index (κ2) is 7.91. The predicted molar refractivity (Wildman–Crippen MR) is 73.2 cm³/mol. The van der Waals surface area contributed by atoms with E-state index in [4.69, 9.17) is 10.5 Å². The van der Waals surface area contributed by atoms with Crippen molar-refractivity contribution in [2.75, 3.05) is 7.11 Å². The molecule has 0 saturated heterocycles. The van der Waals surface area contributed by atoms with Gasteiger partial charge in [0.1, 0.15) is 5.75 Å². The molecule has 0 aliphatic carbocycles. The van der Waals surface area contributed by atoms with Gasteiger partial charge in [0.25, 0.3) is 0 Å². The van der Waals surface area contributed by atoms with E-state index in [0.717, 1.165) is 18.6 Å². The van der Waals surface area contributed by atoms with E-state index in [1.165, 1.54) is 24.8 Å². The van der Waals surface area contributed by atoms with Gasteiger partial charge in [0.2, 0.25) is 0 Å². The van der Waals surface area contributed by atoms with Crippen LogP contribution < -0.4 is 10.5 Å². The fraction of sp³-hybridized carbons (Fsp3) is 0.467. The van der Waals surface area contributed by atoms with Crippen LogP contribution in [0.4, 0.5) is 0 Å². The smallest absolute Gasteiger partial charge is 0.118 e. The summed E-state index contributed by atoms with van der Waals surface area (Å²) in [6.07, 6.45) is 7.76. The zero-order valence-electron chi connectivity index (χ0n) is 10.7. The van der Waals surface area contributed by atoms with E-state index < -0.39 is 0 Å². The number of unbranched alkanes of at least 4 members (excludes halogenated alkanes) is 3. The average Bonchev–Trinajstić information content (AvgIpc) is 2.38. The second-order valence-electron chi connectivity index (χ2n) is 4.31. The van der Waals surface area contributed by atoms with Crippen molar-refractivity contribution in [2.45, 2.75) is 38.1 Å². The van der Waals surface area contributed by atoms with Gasteiger partial charge in [-0.3, -0.25) is 0 Å². The molecule has 1 unspecified atom stereocenters. The standard InChI is InChI=1S/C15H23NO/c1-3-4-5-6-7-8-15(16)13-9-11-14(17-2)12-10-13/h3,9-12,15H,1,4-8,16H2,2H3. The molecule has 0 fully saturated rings. The number of ether oxygens (including phenoxy) is 1. The number of methoxy groups -OCH3 is 1. The van der Waals surface area contributed by atoms with Crippen molar-refractivity contribution in [1.29, 1.82) is 0 Å². The minimum atomic E-state index is 0.143. The highest BCUT2D eigenvalue weighted by Gasteiger charge is 2.05. The van der Waals surface area contributed by atoms with Gasteiger partial charge in [-0.1, -0.05) is 31.1 Å². The third kappa shape index (κ3) is 5.05. The van der Waals surface area contributed by atoms with Crippen LogP contribution in [0, 0.1) is 0 Å². The van der Waals surface area contributed by atoms with Crippen LogP contribution in [-0.4, -0.2) is 7.11 Å². The summed E-state index contributed by atoms with van der Waals surface area (Å²) >= 11 is 0. The molecule has 1 aromatic carbocycles. The molecule has 1 atom stereocenters. The lowest BCUT2D eigenvalue weighted by atomic mass is 10.0. The minimum Gasteiger partial charge on any atom is -0.497 e. The van der Waals surface area contributed by atoms with Gasteiger partial charge in [-0.25, -0.2) is 0 Å². The average molecular weight is 233 g/mol. The van der Waals surface area contributed by atoms with Gasteiger partial charge in [0, 0.05) is 6.04 Å². The van der Waals surface area contributed by atoms with E-state index in [2.05, 4.69) is 6.58 Å². The Morgan fingerprint density at radius 3 is 2.53 bits per heavy atom. The number of hydrogen-bond donors (Lipinski definition) is 1. The van der Waals surface area contributed by atoms with Gasteiger partial charge in [-0.2, -0.15) is 0 Å². The van der Waals surface area contributed by atoms with Crippen LogP contribution >= 0.6 is 0 Å². The van der Waals surface area contributed by atoms with Crippen LogP contribution in [-0.2, 0) is 0 Å². The third-order valence-corrected chi connectivity index (χ3v) is 2.97. The van der Waals surface area contributed by atoms with E-state index in [1.54, 1.807) is 7.11 Å². The number of rotatable bonds is 8. The molecule has 2 heteroatoms. The summed E-state index contributed by atoms with van der Waals surface area (Å²) in [5, 5.41) is 0. The Balaban J connectivity index is 2.30. The van der Waals surface area contributed by atoms with Crippen molar-refractivity contribution in [3.8, 4) is 5.75 Å². The quantitative estimate of drug-likeness (QED) is 0.547. The van der Waals surface area contributed by atoms with Crippen LogP contribution in [0.5, 0.6) is 5.75 Å². The van der Waals surface area contributed by atoms with Crippen LogP contribution in [0.15, 0.2) is 36.9 Å². The fourth-order valence-corrected chi connectivity index (χ4v) is 1.85. The predicted octanol–water partition coefficient (Wildman–Crippen LogP) is 3.83. The van der Waals surface area contributed by atoms with E-state index >= 15 is 0 Å². The SMILES string of the molecule is C=CCCCCCC(N)c1ccc(OC)cc1. The van der Waals surface area contributed by atoms with Crippen molar-refractivity contribution in [3.63, 3.8) is 0 Å². The van der Waals surface area contributed by atoms with Crippen LogP contribution in [0.3, 0.4) is 0 Å². The highest BCUT2D eigenvalue weighted by molar-refractivity contribution is 5.28. The van der Waals surface area contributed by atoms with Crippen molar-refractivity contribution in [2.24, 2.45) is 5.73 Å². The Morgan fingerprint density at radius 1 is 1.24 bits per heavy atom. The first kappa shape index (κ1) is 13.8. The maximum atomic E-state index is 6.14. The van der Waals surface area contributed by atoms with E-state index in [9.17, 15) is 0 Å². The molecule has 0 aromatic heterocycles. The Hall–Kier alpha value is -1.28. The third-order valence-electron chi connectivity index (χ3n) is 2.97. The minimum absolute atomic E-state index is 0.143. The van der Waals surface area contributed by atoms with Gasteiger partial charge in [-0.15, -0.1) is 6.58 Å². The summed E-state index contributed by atoms with van der Waals surface area (Å²) in [4.78, 5) is 0. The molecule has 0 radical (unpaired) electrons. The Bertz CT molecular complexity index is 318. The molecule has 2 N–H and O–H groups in total. The molecule has 0 spiro atoms. The first-order valence-corrected chi connectivity index (χ1v) is 6.28. The van der Waals surface area contributed by atoms with Crippen molar-refractivity contribution < 1.29 is 4.74 Å². The van der Waals surface area contributed by atoms with Crippen LogP contribution in [0.25, 0.3) is 0 Å². The Kier molecular flexibility index (Phi) is 6.41. The first-order chi connectivity index (χ1) is 8.27. The summed E-state index contributed by atoms with van der Waals surface area (Å²) in [5.74, 6) is 0.881. The molecule has 17 heavy (non-hydrogen) atoms. The highest BCUT2D eigenvalue weighted by atomic mass is 16.5. The van der Waals surface area contributed by atoms with Gasteiger partial charge in [0.05, 0.1) is 7.11 Å². The topological polar surface area (TPSA) is 35.2 Å². The van der Waals surface area contributed by atoms with E-state index in [1.807, 2.05) is 30.3 Å². The lowest BCUT2D eigenvalue weighted by molar-refractivity contribution is 0.414. The van der Waals surface area contributed by atoms with E-state index in [0.29, 0.717) is 0 Å². The maximum absolute atomic E-state index is 6.14. The summed E-state index contributed by atoms with van der Waals surface area (Å²) in [6, 6.07) is 8.17. The number of nitrogens with two attached hydrogens (primary N) is 1. The summed E-state index contributed by atoms with van der Waals surface area (Å²) in [6.45, 7) is 3.72. The maximum Gasteiger partial charge on any atom is 0.118 e. The number of benzene rings is 1. The molecule has 0 aliphatic rings. The van der Waals surface area contributed by atoms with Crippen molar-refractivity contribution in [3.05, 3.63) is 42.5 Å². The molecule has 1 aromatic rings. The zero-order chi connectivity index (χ0) is 12.5. The van der Waals surface area contributed by atoms with Gasteiger partial charge < -0.3 is 10.5 Å². The lowest BCUT2D eigenvalue weighted by Gasteiger charge is -2.12. The fourth-order valence-electron chi connectivity index (χ4n) is 1.85. The molecule has 0 saturated carbocycles. The molecule has 94 valence electrons. The summed E-state index contributed by atoms with van der Waals surface area (Å²) in [7, 11) is 1.68. The largest absolute Gasteiger partial charge is 0.497 e. The Labute approximate surface area is 104 Å². The van der Waals surface area contributed by atoms with Crippen LogP contribution in [0.2, 0.25) is 0 Å². The molecule has 1 rings (SSSR count). The normalized spacial score (nSPS) is 12.1. The molecule has 0 heterocycles. The molecule has 0 bridgehead atoms. The number of allylic oxidation sites excluding steroid dienone is 1. The summed E-state index contributed by atoms with van der Waals surface area (Å²) in [5.41, 5.74) is 7.33. The van der Waals surface area contributed by atoms with Gasteiger partial charge in [0.15, 0.2) is 0 Å². The molecule has 0 aliphatic heterocycles. The molecule has 0 amide bonds. The first-order valence-electron chi connectivity index (χ1n) is 6.28. The molecular formula is C15H23NO. The Morgan fingerprint density at radius 2 is 1.94 bits per heavy atom. The second-order valence-corrected chi connectivity index (χ2v) is 4.31. The van der Waals surface area contributed by atoms with Gasteiger partial charge >= 0.3 is 0 Å². The van der Waals surface area contributed by atoms with Crippen molar-refractivity contribution in [1.82, 2.24) is 0 Å². The van der Waals surface area contributed by atoms with Gasteiger partial charge in [-0.05, 0) is 37.0 Å². The van der Waals surface area contributed by atoms with Crippen LogP contribution in [0.1, 0.15) is 43.7 Å². The number of hydrogen-bond acceptors (Lipinski definition) is 2. The highest BCUT2D eigenvalue weighted by Crippen LogP contribution is 2.20. The lowest BCUT2D eigenvalue weighted by Crippen LogP contribution is -2.09. The monoisotopic (exact) mass is 233 g/mol. The zero-order valence-corrected chi connectivity index (χ0v) is 10.7. The molecular weight excluding hydrogens is 210 g/mol. The summed E-state index contributed by atoms with van der Waals surface area (Å²) < 4.78 is 5.12. The van der Waals surface area contributed by atoms with Crippen molar-refractivity contribution >= 4 is 0 Å².